The van der Waals surface area contributed by atoms with Crippen LogP contribution in [0.2, 0.25) is 5.02 Å². The molecule has 0 spiro atoms. The Morgan fingerprint density at radius 1 is 1.50 bits per heavy atom. The van der Waals surface area contributed by atoms with Gasteiger partial charge in [0, 0.05) is 18.0 Å². The molecule has 1 aliphatic heterocycles. The van der Waals surface area contributed by atoms with E-state index in [2.05, 4.69) is 12.2 Å². The quantitative estimate of drug-likeness (QED) is 0.771. The van der Waals surface area contributed by atoms with Crippen LogP contribution in [0.4, 0.5) is 0 Å². The Morgan fingerprint density at radius 2 is 2.29 bits per heavy atom. The zero-order chi connectivity index (χ0) is 10.1. The Balaban J connectivity index is 2.55. The molecule has 1 atom stereocenters. The molecule has 1 heterocycles. The van der Waals surface area contributed by atoms with Gasteiger partial charge >= 0.3 is 0 Å². The number of fused-ring (bicyclic) bond motifs is 1. The highest BCUT2D eigenvalue weighted by atomic mass is 35.5. The Morgan fingerprint density at radius 3 is 3.00 bits per heavy atom. The SMILES string of the molecule is CNC1CCOc2c(Cl)ccc(C)c21. The first-order valence-corrected chi connectivity index (χ1v) is 5.21. The lowest BCUT2D eigenvalue weighted by molar-refractivity contribution is 0.257. The third-order valence-corrected chi connectivity index (χ3v) is 3.01. The van der Waals surface area contributed by atoms with E-state index in [-0.39, 0.29) is 0 Å². The summed E-state index contributed by atoms with van der Waals surface area (Å²) in [5.74, 6) is 0.859. The van der Waals surface area contributed by atoms with Gasteiger partial charge in [-0.1, -0.05) is 17.7 Å². The summed E-state index contributed by atoms with van der Waals surface area (Å²) in [5, 5.41) is 4.00. The average Bonchev–Trinajstić information content (AvgIpc) is 2.23. The van der Waals surface area contributed by atoms with Gasteiger partial charge in [-0.3, -0.25) is 0 Å². The highest BCUT2D eigenvalue weighted by Gasteiger charge is 2.23. The lowest BCUT2D eigenvalue weighted by atomic mass is 9.96. The fraction of sp³-hybridized carbons (Fsp3) is 0.455. The van der Waals surface area contributed by atoms with Gasteiger partial charge in [0.1, 0.15) is 5.75 Å². The second kappa shape index (κ2) is 3.79. The molecule has 0 fully saturated rings. The van der Waals surface area contributed by atoms with Crippen molar-refractivity contribution in [3.63, 3.8) is 0 Å². The van der Waals surface area contributed by atoms with E-state index in [1.54, 1.807) is 0 Å². The molecular weight excluding hydrogens is 198 g/mol. The molecule has 3 heteroatoms. The van der Waals surface area contributed by atoms with E-state index < -0.39 is 0 Å². The standard InChI is InChI=1S/C11H14ClNO/c1-7-3-4-8(12)11-10(7)9(13-2)5-6-14-11/h3-4,9,13H,5-6H2,1-2H3. The lowest BCUT2D eigenvalue weighted by Crippen LogP contribution is -2.25. The van der Waals surface area contributed by atoms with E-state index in [9.17, 15) is 0 Å². The molecule has 0 radical (unpaired) electrons. The molecule has 0 aliphatic carbocycles. The van der Waals surface area contributed by atoms with E-state index in [0.29, 0.717) is 11.1 Å². The van der Waals surface area contributed by atoms with Crippen molar-refractivity contribution in [2.45, 2.75) is 19.4 Å². The first-order valence-electron chi connectivity index (χ1n) is 4.83. The van der Waals surface area contributed by atoms with E-state index in [4.69, 9.17) is 16.3 Å². The number of aryl methyl sites for hydroxylation is 1. The number of hydrogen-bond acceptors (Lipinski definition) is 2. The summed E-state index contributed by atoms with van der Waals surface area (Å²) in [5.41, 5.74) is 2.45. The maximum Gasteiger partial charge on any atom is 0.142 e. The first kappa shape index (κ1) is 9.81. The third-order valence-electron chi connectivity index (χ3n) is 2.72. The van der Waals surface area contributed by atoms with Gasteiger partial charge in [0.05, 0.1) is 11.6 Å². The van der Waals surface area contributed by atoms with Gasteiger partial charge in [0.2, 0.25) is 0 Å². The molecule has 0 bridgehead atoms. The number of hydrogen-bond donors (Lipinski definition) is 1. The molecule has 0 saturated carbocycles. The minimum Gasteiger partial charge on any atom is -0.492 e. The number of ether oxygens (including phenoxy) is 1. The summed E-state index contributed by atoms with van der Waals surface area (Å²) in [7, 11) is 1.97. The molecule has 1 aliphatic rings. The van der Waals surface area contributed by atoms with Crippen molar-refractivity contribution in [1.82, 2.24) is 5.32 Å². The lowest BCUT2D eigenvalue weighted by Gasteiger charge is -2.27. The number of halogens is 1. The number of nitrogens with one attached hydrogen (secondary N) is 1. The first-order chi connectivity index (χ1) is 6.74. The van der Waals surface area contributed by atoms with Crippen molar-refractivity contribution < 1.29 is 4.74 Å². The zero-order valence-electron chi connectivity index (χ0n) is 8.43. The Hall–Kier alpha value is -0.730. The second-order valence-corrected chi connectivity index (χ2v) is 3.99. The van der Waals surface area contributed by atoms with Gasteiger partial charge in [-0.25, -0.2) is 0 Å². The molecular formula is C11H14ClNO. The Labute approximate surface area is 89.2 Å². The predicted octanol–water partition coefficient (Wildman–Crippen LogP) is 2.69. The van der Waals surface area contributed by atoms with Crippen LogP contribution in [0.1, 0.15) is 23.6 Å². The summed E-state index contributed by atoms with van der Waals surface area (Å²) in [6, 6.07) is 4.31. The van der Waals surface area contributed by atoms with Crippen molar-refractivity contribution in [1.29, 1.82) is 0 Å². The minimum absolute atomic E-state index is 0.373. The van der Waals surface area contributed by atoms with Crippen LogP contribution in [0, 0.1) is 6.92 Å². The van der Waals surface area contributed by atoms with Gasteiger partial charge in [0.25, 0.3) is 0 Å². The van der Waals surface area contributed by atoms with Crippen molar-refractivity contribution in [3.8, 4) is 5.75 Å². The predicted molar refractivity (Wildman–Crippen MR) is 58.1 cm³/mol. The van der Waals surface area contributed by atoms with Crippen LogP contribution in [0.5, 0.6) is 5.75 Å². The summed E-state index contributed by atoms with van der Waals surface area (Å²) >= 11 is 6.08. The molecule has 1 aromatic rings. The van der Waals surface area contributed by atoms with Gasteiger partial charge in [0.15, 0.2) is 0 Å². The van der Waals surface area contributed by atoms with E-state index in [0.717, 1.165) is 18.8 Å². The van der Waals surface area contributed by atoms with Gasteiger partial charge in [-0.05, 0) is 25.6 Å². The van der Waals surface area contributed by atoms with Crippen LogP contribution < -0.4 is 10.1 Å². The van der Waals surface area contributed by atoms with Crippen molar-refractivity contribution in [2.75, 3.05) is 13.7 Å². The van der Waals surface area contributed by atoms with Crippen LogP contribution >= 0.6 is 11.6 Å². The molecule has 0 amide bonds. The smallest absolute Gasteiger partial charge is 0.142 e. The fourth-order valence-electron chi connectivity index (χ4n) is 1.96. The van der Waals surface area contributed by atoms with Gasteiger partial charge in [-0.15, -0.1) is 0 Å². The maximum atomic E-state index is 6.08. The topological polar surface area (TPSA) is 21.3 Å². The van der Waals surface area contributed by atoms with Gasteiger partial charge < -0.3 is 10.1 Å². The second-order valence-electron chi connectivity index (χ2n) is 3.59. The van der Waals surface area contributed by atoms with Crippen LogP contribution in [-0.2, 0) is 0 Å². The Kier molecular flexibility index (Phi) is 2.66. The molecule has 1 unspecified atom stereocenters. The molecule has 1 aromatic carbocycles. The Bertz CT molecular complexity index is 351. The average molecular weight is 212 g/mol. The molecule has 2 rings (SSSR count). The third kappa shape index (κ3) is 1.49. The summed E-state index contributed by atoms with van der Waals surface area (Å²) < 4.78 is 5.60. The summed E-state index contributed by atoms with van der Waals surface area (Å²) in [4.78, 5) is 0. The summed E-state index contributed by atoms with van der Waals surface area (Å²) in [6.07, 6.45) is 1.00. The largest absolute Gasteiger partial charge is 0.492 e. The maximum absolute atomic E-state index is 6.08. The molecule has 0 aromatic heterocycles. The van der Waals surface area contributed by atoms with E-state index in [1.165, 1.54) is 11.1 Å². The fourth-order valence-corrected chi connectivity index (χ4v) is 2.18. The van der Waals surface area contributed by atoms with E-state index in [1.807, 2.05) is 19.2 Å². The molecule has 0 saturated heterocycles. The molecule has 76 valence electrons. The molecule has 14 heavy (non-hydrogen) atoms. The van der Waals surface area contributed by atoms with Crippen LogP contribution in [-0.4, -0.2) is 13.7 Å². The molecule has 2 nitrogen and oxygen atoms in total. The van der Waals surface area contributed by atoms with Crippen molar-refractivity contribution in [3.05, 3.63) is 28.3 Å². The van der Waals surface area contributed by atoms with Crippen molar-refractivity contribution in [2.24, 2.45) is 0 Å². The highest BCUT2D eigenvalue weighted by Crippen LogP contribution is 2.39. The molecule has 1 N–H and O–H groups in total. The number of benzene rings is 1. The number of rotatable bonds is 1. The highest BCUT2D eigenvalue weighted by molar-refractivity contribution is 6.32. The normalized spacial score (nSPS) is 20.1. The minimum atomic E-state index is 0.373. The zero-order valence-corrected chi connectivity index (χ0v) is 9.19. The van der Waals surface area contributed by atoms with Crippen molar-refractivity contribution >= 4 is 11.6 Å². The summed E-state index contributed by atoms with van der Waals surface area (Å²) in [6.45, 7) is 2.83. The van der Waals surface area contributed by atoms with E-state index >= 15 is 0 Å². The monoisotopic (exact) mass is 211 g/mol. The van der Waals surface area contributed by atoms with Crippen LogP contribution in [0.25, 0.3) is 0 Å². The van der Waals surface area contributed by atoms with Gasteiger partial charge in [-0.2, -0.15) is 0 Å². The van der Waals surface area contributed by atoms with Crippen LogP contribution in [0.3, 0.4) is 0 Å². The van der Waals surface area contributed by atoms with Crippen LogP contribution in [0.15, 0.2) is 12.1 Å².